The molecule has 1 N–H and O–H groups in total. The summed E-state index contributed by atoms with van der Waals surface area (Å²) in [6, 6.07) is 9.37. The van der Waals surface area contributed by atoms with Gasteiger partial charge in [0.05, 0.1) is 12.1 Å². The van der Waals surface area contributed by atoms with Crippen LogP contribution in [0.25, 0.3) is 0 Å². The molecule has 2 heterocycles. The van der Waals surface area contributed by atoms with Crippen LogP contribution in [0.5, 0.6) is 0 Å². The summed E-state index contributed by atoms with van der Waals surface area (Å²) in [6.45, 7) is 1.31. The Balaban J connectivity index is 1.81. The maximum atomic E-state index is 13.5. The van der Waals surface area contributed by atoms with Gasteiger partial charge in [-0.05, 0) is 29.8 Å². The molecule has 2 aromatic heterocycles. The van der Waals surface area contributed by atoms with Crippen molar-refractivity contribution in [1.29, 1.82) is 0 Å². The number of amides is 2. The van der Waals surface area contributed by atoms with Crippen LogP contribution in [0.1, 0.15) is 12.5 Å². The van der Waals surface area contributed by atoms with Crippen molar-refractivity contribution in [3.8, 4) is 0 Å². The minimum Gasteiger partial charge on any atom is -0.326 e. The summed E-state index contributed by atoms with van der Waals surface area (Å²) in [5.41, 5.74) is 1.09. The van der Waals surface area contributed by atoms with Crippen molar-refractivity contribution in [2.24, 2.45) is 0 Å². The van der Waals surface area contributed by atoms with Crippen molar-refractivity contribution in [3.05, 3.63) is 77.2 Å². The fourth-order valence-electron chi connectivity index (χ4n) is 2.67. The van der Waals surface area contributed by atoms with Crippen LogP contribution in [0.4, 0.5) is 26.0 Å². The number of carbonyl (C=O) groups is 2. The molecule has 0 saturated heterocycles. The first kappa shape index (κ1) is 20.3. The number of hydrogen-bond acceptors (Lipinski definition) is 4. The first-order chi connectivity index (χ1) is 13.8. The number of nitrogens with one attached hydrogen (secondary N) is 1. The molecule has 0 atom stereocenters. The van der Waals surface area contributed by atoms with Gasteiger partial charge in [-0.25, -0.2) is 14.4 Å². The van der Waals surface area contributed by atoms with E-state index in [-0.39, 0.29) is 28.9 Å². The molecule has 0 unspecified atom stereocenters. The number of carbonyl (C=O) groups excluding carboxylic acids is 2. The number of benzene rings is 1. The van der Waals surface area contributed by atoms with Crippen molar-refractivity contribution in [2.45, 2.75) is 13.3 Å². The third kappa shape index (κ3) is 5.11. The molecular weight excluding hydrogens is 402 g/mol. The monoisotopic (exact) mass is 416 g/mol. The van der Waals surface area contributed by atoms with Crippen molar-refractivity contribution in [1.82, 2.24) is 9.97 Å². The molecule has 0 aliphatic rings. The Morgan fingerprint density at radius 3 is 2.52 bits per heavy atom. The van der Waals surface area contributed by atoms with Gasteiger partial charge in [0.25, 0.3) is 0 Å². The van der Waals surface area contributed by atoms with Crippen LogP contribution in [0, 0.1) is 11.8 Å². The lowest BCUT2D eigenvalue weighted by atomic mass is 10.1. The van der Waals surface area contributed by atoms with Gasteiger partial charge in [0.2, 0.25) is 17.8 Å². The van der Waals surface area contributed by atoms with Gasteiger partial charge in [-0.2, -0.15) is 4.39 Å². The number of aromatic nitrogens is 2. The van der Waals surface area contributed by atoms with Crippen LogP contribution in [-0.4, -0.2) is 21.8 Å². The lowest BCUT2D eigenvalue weighted by Crippen LogP contribution is -2.24. The second kappa shape index (κ2) is 8.74. The number of pyridine rings is 2. The molecule has 2 amide bonds. The predicted octanol–water partition coefficient (Wildman–Crippen LogP) is 4.27. The third-order valence-corrected chi connectivity index (χ3v) is 4.26. The van der Waals surface area contributed by atoms with Crippen molar-refractivity contribution in [3.63, 3.8) is 0 Å². The van der Waals surface area contributed by atoms with E-state index in [1.807, 2.05) is 0 Å². The summed E-state index contributed by atoms with van der Waals surface area (Å²) >= 11 is 5.95. The average Bonchev–Trinajstić information content (AvgIpc) is 2.64. The van der Waals surface area contributed by atoms with E-state index in [4.69, 9.17) is 11.6 Å². The molecule has 6 nitrogen and oxygen atoms in total. The van der Waals surface area contributed by atoms with Crippen molar-refractivity contribution < 1.29 is 18.4 Å². The minimum absolute atomic E-state index is 0.0667. The lowest BCUT2D eigenvalue weighted by molar-refractivity contribution is -0.116. The molecule has 0 bridgehead atoms. The Morgan fingerprint density at radius 2 is 1.83 bits per heavy atom. The van der Waals surface area contributed by atoms with E-state index < -0.39 is 17.7 Å². The Hall–Kier alpha value is -3.39. The average molecular weight is 417 g/mol. The summed E-state index contributed by atoms with van der Waals surface area (Å²) in [7, 11) is 0. The van der Waals surface area contributed by atoms with E-state index in [0.29, 0.717) is 11.3 Å². The van der Waals surface area contributed by atoms with Crippen molar-refractivity contribution >= 4 is 40.6 Å². The normalized spacial score (nSPS) is 10.5. The van der Waals surface area contributed by atoms with Crippen molar-refractivity contribution in [2.75, 3.05) is 10.2 Å². The highest BCUT2D eigenvalue weighted by Crippen LogP contribution is 2.26. The number of rotatable bonds is 5. The largest absolute Gasteiger partial charge is 0.326 e. The zero-order valence-electron chi connectivity index (χ0n) is 15.2. The van der Waals surface area contributed by atoms with Crippen LogP contribution < -0.4 is 10.2 Å². The van der Waals surface area contributed by atoms with E-state index in [1.54, 1.807) is 6.07 Å². The maximum Gasteiger partial charge on any atom is 0.229 e. The standard InChI is InChI=1S/C20H15ClF2N4O2/c1-12(28)27(16-5-7-24-18(23)11-16)19-10-15(4-6-25-19)26-20(29)8-13-2-3-14(22)9-17(13)21/h2-7,9-11H,8H2,1H3,(H,25,26,29). The number of halogens is 3. The smallest absolute Gasteiger partial charge is 0.229 e. The molecule has 29 heavy (non-hydrogen) atoms. The highest BCUT2D eigenvalue weighted by Gasteiger charge is 2.17. The minimum atomic E-state index is -0.741. The summed E-state index contributed by atoms with van der Waals surface area (Å²) in [5.74, 6) is -1.82. The first-order valence-electron chi connectivity index (χ1n) is 8.45. The Kier molecular flexibility index (Phi) is 6.13. The predicted molar refractivity (Wildman–Crippen MR) is 105 cm³/mol. The van der Waals surface area contributed by atoms with E-state index in [9.17, 15) is 18.4 Å². The maximum absolute atomic E-state index is 13.5. The van der Waals surface area contributed by atoms with Crippen LogP contribution in [0.2, 0.25) is 5.02 Å². The van der Waals surface area contributed by atoms with Gasteiger partial charge in [-0.3, -0.25) is 14.5 Å². The zero-order valence-corrected chi connectivity index (χ0v) is 16.0. The SMILES string of the molecule is CC(=O)N(c1ccnc(F)c1)c1cc(NC(=O)Cc2ccc(F)cc2Cl)ccn1. The second-order valence-electron chi connectivity index (χ2n) is 6.05. The number of hydrogen-bond donors (Lipinski definition) is 1. The molecule has 0 radical (unpaired) electrons. The Morgan fingerprint density at radius 1 is 1.07 bits per heavy atom. The van der Waals surface area contributed by atoms with E-state index in [0.717, 1.165) is 12.1 Å². The molecule has 148 valence electrons. The van der Waals surface area contributed by atoms with Crippen LogP contribution >= 0.6 is 11.6 Å². The second-order valence-corrected chi connectivity index (χ2v) is 6.46. The fraction of sp³-hybridized carbons (Fsp3) is 0.100. The van der Waals surface area contributed by atoms with Gasteiger partial charge < -0.3 is 5.32 Å². The van der Waals surface area contributed by atoms with E-state index in [2.05, 4.69) is 15.3 Å². The molecular formula is C20H15ClF2N4O2. The van der Waals surface area contributed by atoms with Gasteiger partial charge in [-0.15, -0.1) is 0 Å². The number of anilines is 3. The van der Waals surface area contributed by atoms with Gasteiger partial charge in [0.15, 0.2) is 0 Å². The van der Waals surface area contributed by atoms with Gasteiger partial charge in [0, 0.05) is 42.2 Å². The molecule has 3 rings (SSSR count). The molecule has 3 aromatic rings. The van der Waals surface area contributed by atoms with Gasteiger partial charge >= 0.3 is 0 Å². The Bertz CT molecular complexity index is 1080. The Labute approximate surface area is 170 Å². The molecule has 1 aromatic carbocycles. The van der Waals surface area contributed by atoms with Crippen LogP contribution in [-0.2, 0) is 16.0 Å². The topological polar surface area (TPSA) is 75.2 Å². The quantitative estimate of drug-likeness (QED) is 0.630. The number of nitrogens with zero attached hydrogens (tertiary/aromatic N) is 3. The molecule has 0 aliphatic heterocycles. The zero-order chi connectivity index (χ0) is 21.0. The fourth-order valence-corrected chi connectivity index (χ4v) is 2.90. The molecule has 0 saturated carbocycles. The van der Waals surface area contributed by atoms with Crippen LogP contribution in [0.15, 0.2) is 54.9 Å². The van der Waals surface area contributed by atoms with Gasteiger partial charge in [0.1, 0.15) is 11.6 Å². The first-order valence-corrected chi connectivity index (χ1v) is 8.83. The molecule has 0 fully saturated rings. The third-order valence-electron chi connectivity index (χ3n) is 3.91. The summed E-state index contributed by atoms with van der Waals surface area (Å²) in [5, 5.41) is 2.82. The summed E-state index contributed by atoms with van der Waals surface area (Å²) in [4.78, 5) is 33.2. The van der Waals surface area contributed by atoms with Gasteiger partial charge in [-0.1, -0.05) is 17.7 Å². The molecule has 0 spiro atoms. The van der Waals surface area contributed by atoms with E-state index in [1.165, 1.54) is 48.5 Å². The summed E-state index contributed by atoms with van der Waals surface area (Å²) in [6.07, 6.45) is 2.57. The van der Waals surface area contributed by atoms with E-state index >= 15 is 0 Å². The van der Waals surface area contributed by atoms with Crippen LogP contribution in [0.3, 0.4) is 0 Å². The summed E-state index contributed by atoms with van der Waals surface area (Å²) < 4.78 is 26.6. The highest BCUT2D eigenvalue weighted by molar-refractivity contribution is 6.31. The lowest BCUT2D eigenvalue weighted by Gasteiger charge is -2.20. The highest BCUT2D eigenvalue weighted by atomic mass is 35.5. The molecule has 9 heteroatoms. The molecule has 0 aliphatic carbocycles.